The van der Waals surface area contributed by atoms with Gasteiger partial charge in [0.15, 0.2) is 0 Å². The summed E-state index contributed by atoms with van der Waals surface area (Å²) >= 11 is 1.47. The van der Waals surface area contributed by atoms with E-state index in [9.17, 15) is 9.59 Å². The number of hydrogen-bond acceptors (Lipinski definition) is 3. The molecule has 1 atom stereocenters. The maximum atomic E-state index is 12.0. The molecule has 5 heteroatoms. The van der Waals surface area contributed by atoms with E-state index in [1.165, 1.54) is 16.2 Å². The standard InChI is InChI=1S/C11H14N2O2S/c1-7(2)5-9-10(14)13(11(15)12-9)8-3-4-16-6-8/h3-4,6-7,9H,5H2,1-2H3,(H,12,15)/t9-/m0/s1. The van der Waals surface area contributed by atoms with Gasteiger partial charge in [-0.1, -0.05) is 13.8 Å². The van der Waals surface area contributed by atoms with E-state index in [0.717, 1.165) is 0 Å². The maximum absolute atomic E-state index is 12.0. The number of amides is 3. The second-order valence-corrected chi connectivity index (χ2v) is 5.07. The molecular weight excluding hydrogens is 224 g/mol. The van der Waals surface area contributed by atoms with Crippen molar-refractivity contribution < 1.29 is 9.59 Å². The molecule has 1 saturated heterocycles. The van der Waals surface area contributed by atoms with E-state index in [1.807, 2.05) is 19.2 Å². The summed E-state index contributed by atoms with van der Waals surface area (Å²) in [5.41, 5.74) is 0.666. The lowest BCUT2D eigenvalue weighted by Crippen LogP contribution is -2.31. The maximum Gasteiger partial charge on any atom is 0.329 e. The SMILES string of the molecule is CC(C)C[C@@H]1NC(=O)N(c2ccsc2)C1=O. The van der Waals surface area contributed by atoms with E-state index < -0.39 is 0 Å². The Morgan fingerprint density at radius 3 is 2.81 bits per heavy atom. The lowest BCUT2D eigenvalue weighted by atomic mass is 10.0. The number of thiophene rings is 1. The van der Waals surface area contributed by atoms with Crippen molar-refractivity contribution in [2.45, 2.75) is 26.3 Å². The van der Waals surface area contributed by atoms with Crippen LogP contribution < -0.4 is 10.2 Å². The fourth-order valence-corrected chi connectivity index (χ4v) is 2.41. The smallest absolute Gasteiger partial charge is 0.325 e. The minimum Gasteiger partial charge on any atom is -0.325 e. The van der Waals surface area contributed by atoms with Gasteiger partial charge in [0.1, 0.15) is 6.04 Å². The van der Waals surface area contributed by atoms with Crippen LogP contribution in [0.5, 0.6) is 0 Å². The lowest BCUT2D eigenvalue weighted by Gasteiger charge is -2.11. The first-order valence-electron chi connectivity index (χ1n) is 5.26. The van der Waals surface area contributed by atoms with Crippen molar-refractivity contribution in [1.82, 2.24) is 5.32 Å². The molecule has 4 nitrogen and oxygen atoms in total. The van der Waals surface area contributed by atoms with Crippen LogP contribution in [-0.4, -0.2) is 18.0 Å². The summed E-state index contributed by atoms with van der Waals surface area (Å²) in [6, 6.07) is 1.10. The third kappa shape index (κ3) is 1.95. The highest BCUT2D eigenvalue weighted by molar-refractivity contribution is 7.08. The van der Waals surface area contributed by atoms with Gasteiger partial charge in [0.05, 0.1) is 5.69 Å². The molecule has 0 unspecified atom stereocenters. The second-order valence-electron chi connectivity index (χ2n) is 4.29. The van der Waals surface area contributed by atoms with Gasteiger partial charge < -0.3 is 5.32 Å². The number of rotatable bonds is 3. The van der Waals surface area contributed by atoms with Gasteiger partial charge in [-0.25, -0.2) is 9.69 Å². The van der Waals surface area contributed by atoms with Gasteiger partial charge in [0, 0.05) is 5.38 Å². The number of nitrogens with one attached hydrogen (secondary N) is 1. The first kappa shape index (κ1) is 11.1. The highest BCUT2D eigenvalue weighted by Gasteiger charge is 2.39. The van der Waals surface area contributed by atoms with Crippen LogP contribution in [0.1, 0.15) is 20.3 Å². The predicted molar refractivity (Wildman–Crippen MR) is 63.6 cm³/mol. The normalized spacial score (nSPS) is 20.7. The van der Waals surface area contributed by atoms with Gasteiger partial charge in [0.2, 0.25) is 0 Å². The molecule has 0 aromatic carbocycles. The molecule has 1 aliphatic heterocycles. The van der Waals surface area contributed by atoms with E-state index in [1.54, 1.807) is 11.4 Å². The molecule has 0 saturated carbocycles. The van der Waals surface area contributed by atoms with Crippen molar-refractivity contribution in [3.8, 4) is 0 Å². The fourth-order valence-electron chi connectivity index (χ4n) is 1.79. The number of carbonyl (C=O) groups is 2. The van der Waals surface area contributed by atoms with E-state index >= 15 is 0 Å². The Morgan fingerprint density at radius 2 is 2.25 bits per heavy atom. The topological polar surface area (TPSA) is 49.4 Å². The zero-order valence-corrected chi connectivity index (χ0v) is 10.1. The van der Waals surface area contributed by atoms with Crippen LogP contribution in [0, 0.1) is 5.92 Å². The first-order valence-corrected chi connectivity index (χ1v) is 6.20. The number of anilines is 1. The molecule has 0 bridgehead atoms. The van der Waals surface area contributed by atoms with Crippen LogP contribution in [-0.2, 0) is 4.79 Å². The molecule has 16 heavy (non-hydrogen) atoms. The summed E-state index contributed by atoms with van der Waals surface area (Å²) in [5.74, 6) is 0.244. The third-order valence-corrected chi connectivity index (χ3v) is 3.16. The van der Waals surface area contributed by atoms with E-state index in [2.05, 4.69) is 5.32 Å². The average molecular weight is 238 g/mol. The number of imide groups is 1. The molecule has 1 N–H and O–H groups in total. The number of urea groups is 1. The Labute approximate surface area is 98.3 Å². The first-order chi connectivity index (χ1) is 7.59. The van der Waals surface area contributed by atoms with Crippen LogP contribution in [0.25, 0.3) is 0 Å². The van der Waals surface area contributed by atoms with Gasteiger partial charge in [-0.2, -0.15) is 11.3 Å². The summed E-state index contributed by atoms with van der Waals surface area (Å²) in [6.07, 6.45) is 0.686. The number of hydrogen-bond donors (Lipinski definition) is 1. The Balaban J connectivity index is 2.17. The molecule has 0 spiro atoms. The molecule has 3 amide bonds. The summed E-state index contributed by atoms with van der Waals surface area (Å²) < 4.78 is 0. The van der Waals surface area contributed by atoms with E-state index in [-0.39, 0.29) is 18.0 Å². The van der Waals surface area contributed by atoms with Crippen molar-refractivity contribution >= 4 is 29.0 Å². The minimum absolute atomic E-state index is 0.142. The fraction of sp³-hybridized carbons (Fsp3) is 0.455. The molecule has 86 valence electrons. The monoisotopic (exact) mass is 238 g/mol. The molecule has 1 aromatic rings. The molecule has 2 rings (SSSR count). The Bertz CT molecular complexity index is 400. The minimum atomic E-state index is -0.368. The summed E-state index contributed by atoms with van der Waals surface area (Å²) in [7, 11) is 0. The molecule has 0 aliphatic carbocycles. The van der Waals surface area contributed by atoms with Gasteiger partial charge in [-0.15, -0.1) is 0 Å². The highest BCUT2D eigenvalue weighted by Crippen LogP contribution is 2.24. The largest absolute Gasteiger partial charge is 0.329 e. The Hall–Kier alpha value is -1.36. The van der Waals surface area contributed by atoms with Crippen LogP contribution >= 0.6 is 11.3 Å². The summed E-state index contributed by atoms with van der Waals surface area (Å²) in [6.45, 7) is 4.07. The Morgan fingerprint density at radius 1 is 1.50 bits per heavy atom. The predicted octanol–water partition coefficient (Wildman–Crippen LogP) is 2.22. The van der Waals surface area contributed by atoms with Crippen molar-refractivity contribution in [3.63, 3.8) is 0 Å². The van der Waals surface area contributed by atoms with Crippen molar-refractivity contribution in [2.75, 3.05) is 4.90 Å². The van der Waals surface area contributed by atoms with E-state index in [0.29, 0.717) is 18.0 Å². The highest BCUT2D eigenvalue weighted by atomic mass is 32.1. The van der Waals surface area contributed by atoms with Crippen molar-refractivity contribution in [2.24, 2.45) is 5.92 Å². The molecule has 1 aromatic heterocycles. The van der Waals surface area contributed by atoms with Crippen LogP contribution in [0.2, 0.25) is 0 Å². The van der Waals surface area contributed by atoms with Crippen molar-refractivity contribution in [1.29, 1.82) is 0 Å². The molecule has 1 aliphatic rings. The van der Waals surface area contributed by atoms with Crippen LogP contribution in [0.4, 0.5) is 10.5 Å². The second kappa shape index (κ2) is 4.25. The zero-order valence-electron chi connectivity index (χ0n) is 9.27. The third-order valence-electron chi connectivity index (χ3n) is 2.49. The number of carbonyl (C=O) groups excluding carboxylic acids is 2. The average Bonchev–Trinajstić information content (AvgIpc) is 2.76. The van der Waals surface area contributed by atoms with Crippen molar-refractivity contribution in [3.05, 3.63) is 16.8 Å². The van der Waals surface area contributed by atoms with E-state index in [4.69, 9.17) is 0 Å². The molecule has 0 radical (unpaired) electrons. The molecule has 2 heterocycles. The van der Waals surface area contributed by atoms with Gasteiger partial charge in [0.25, 0.3) is 5.91 Å². The lowest BCUT2D eigenvalue weighted by molar-refractivity contribution is -0.118. The van der Waals surface area contributed by atoms with Crippen LogP contribution in [0.15, 0.2) is 16.8 Å². The molecule has 1 fully saturated rings. The Kier molecular flexibility index (Phi) is 2.96. The summed E-state index contributed by atoms with van der Waals surface area (Å²) in [4.78, 5) is 24.9. The summed E-state index contributed by atoms with van der Waals surface area (Å²) in [5, 5.41) is 6.37. The van der Waals surface area contributed by atoms with Gasteiger partial charge >= 0.3 is 6.03 Å². The zero-order chi connectivity index (χ0) is 11.7. The molecular formula is C11H14N2O2S. The van der Waals surface area contributed by atoms with Gasteiger partial charge in [-0.3, -0.25) is 4.79 Å². The quantitative estimate of drug-likeness (QED) is 0.821. The van der Waals surface area contributed by atoms with Crippen LogP contribution in [0.3, 0.4) is 0 Å². The van der Waals surface area contributed by atoms with Gasteiger partial charge in [-0.05, 0) is 23.8 Å². The number of nitrogens with zero attached hydrogens (tertiary/aromatic N) is 1.